The molecule has 0 aromatic carbocycles. The van der Waals surface area contributed by atoms with Crippen LogP contribution < -0.4 is 0 Å². The lowest BCUT2D eigenvalue weighted by Crippen LogP contribution is -2.20. The van der Waals surface area contributed by atoms with Gasteiger partial charge in [-0.05, 0) is 60.9 Å². The minimum absolute atomic E-state index is 0.0471. The number of hydrogen-bond acceptors (Lipinski definition) is 14. The van der Waals surface area contributed by atoms with Gasteiger partial charge >= 0.3 is 27.2 Å². The first-order valence-electron chi connectivity index (χ1n) is 9.79. The van der Waals surface area contributed by atoms with E-state index >= 15 is 0 Å². The average Bonchev–Trinajstić information content (AvgIpc) is 3.59. The number of ether oxygens (including phenoxy) is 5. The summed E-state index contributed by atoms with van der Waals surface area (Å²) in [6, 6.07) is 0. The van der Waals surface area contributed by atoms with E-state index in [0.717, 1.165) is 23.3 Å². The van der Waals surface area contributed by atoms with E-state index in [1.807, 2.05) is 6.92 Å². The molecule has 0 amide bonds. The fourth-order valence-electron chi connectivity index (χ4n) is 1.89. The smallest absolute Gasteiger partial charge is 0.367 e. The summed E-state index contributed by atoms with van der Waals surface area (Å²) in [7, 11) is 0. The Morgan fingerprint density at radius 1 is 0.941 bits per heavy atom. The Bertz CT molecular complexity index is 743. The summed E-state index contributed by atoms with van der Waals surface area (Å²) < 4.78 is 23.5. The zero-order valence-corrected chi connectivity index (χ0v) is 22.5. The van der Waals surface area contributed by atoms with Gasteiger partial charge in [-0.3, -0.25) is 0 Å². The third kappa shape index (κ3) is 14.2. The maximum atomic E-state index is 10.9. The molecular weight excluding hydrogens is 552 g/mol. The monoisotopic (exact) mass is 576 g/mol. The van der Waals surface area contributed by atoms with Crippen molar-refractivity contribution in [3.8, 4) is 0 Å². The summed E-state index contributed by atoms with van der Waals surface area (Å²) in [6.07, 6.45) is -0.215. The summed E-state index contributed by atoms with van der Waals surface area (Å²) in [5.41, 5.74) is 0.344. The minimum atomic E-state index is -0.451. The standard InChI is InChI=1S/C8H10O4S.C4H5ClO2S.C4H6O2S.C3H4O2S/c1-5(2)7(9)11-3-6-4-13-8(10)12-6;5-1-3-2-8-4(6)7-3;1-3-2-7-4(5)6-3;4-3-5-1-2-6-3/h6H,1,3-4H2,2H3;3H,1-2H2;3H,2H2,1H3;1-2H2. The van der Waals surface area contributed by atoms with Gasteiger partial charge in [0.1, 0.15) is 31.5 Å². The maximum Gasteiger partial charge on any atom is 0.367 e. The van der Waals surface area contributed by atoms with Crippen LogP contribution in [-0.4, -0.2) is 87.6 Å². The number of cyclic esters (lactones) is 4. The van der Waals surface area contributed by atoms with Crippen molar-refractivity contribution < 1.29 is 47.7 Å². The van der Waals surface area contributed by atoms with E-state index in [1.165, 1.54) is 35.3 Å². The molecule has 192 valence electrons. The molecule has 4 saturated heterocycles. The molecule has 34 heavy (non-hydrogen) atoms. The fourth-order valence-corrected chi connectivity index (χ4v) is 4.76. The Hall–Kier alpha value is -1.22. The second-order valence-corrected chi connectivity index (χ2v) is 10.8. The van der Waals surface area contributed by atoms with Crippen LogP contribution in [0.5, 0.6) is 0 Å². The average molecular weight is 577 g/mol. The van der Waals surface area contributed by atoms with Crippen molar-refractivity contribution in [2.75, 3.05) is 42.1 Å². The fraction of sp³-hybridized carbons (Fsp3) is 0.632. The van der Waals surface area contributed by atoms with Gasteiger partial charge in [0.2, 0.25) is 0 Å². The third-order valence-corrected chi connectivity index (χ3v) is 7.25. The zero-order chi connectivity index (χ0) is 25.5. The first-order chi connectivity index (χ1) is 16.1. The molecule has 4 rings (SSSR count). The second kappa shape index (κ2) is 17.2. The number of alkyl halides is 1. The first-order valence-corrected chi connectivity index (χ1v) is 14.3. The van der Waals surface area contributed by atoms with E-state index in [4.69, 9.17) is 25.8 Å². The van der Waals surface area contributed by atoms with Crippen LogP contribution in [0, 0.1) is 0 Å². The summed E-state index contributed by atoms with van der Waals surface area (Å²) in [4.78, 5) is 52.0. The number of hydrogen-bond donors (Lipinski definition) is 0. The molecule has 3 atom stereocenters. The second-order valence-electron chi connectivity index (χ2n) is 6.57. The number of thioether (sulfide) groups is 4. The van der Waals surface area contributed by atoms with E-state index in [9.17, 15) is 24.0 Å². The molecule has 4 heterocycles. The molecule has 0 N–H and O–H groups in total. The molecule has 4 aliphatic rings. The molecule has 3 unspecified atom stereocenters. The number of carbonyl (C=O) groups excluding carboxylic acids is 5. The lowest BCUT2D eigenvalue weighted by atomic mass is 10.3. The van der Waals surface area contributed by atoms with Crippen LogP contribution in [0.3, 0.4) is 0 Å². The Kier molecular flexibility index (Phi) is 15.6. The molecule has 0 aromatic heterocycles. The topological polar surface area (TPSA) is 132 Å². The lowest BCUT2D eigenvalue weighted by Gasteiger charge is -2.08. The number of carbonyl (C=O) groups is 5. The van der Waals surface area contributed by atoms with Crippen LogP contribution in [0.25, 0.3) is 0 Å². The molecule has 4 aliphatic heterocycles. The Morgan fingerprint density at radius 3 is 1.76 bits per heavy atom. The quantitative estimate of drug-likeness (QED) is 0.193. The number of esters is 1. The Labute approximate surface area is 219 Å². The highest BCUT2D eigenvalue weighted by molar-refractivity contribution is 8.14. The van der Waals surface area contributed by atoms with Gasteiger partial charge in [0, 0.05) is 28.6 Å². The van der Waals surface area contributed by atoms with Gasteiger partial charge in [0.15, 0.2) is 0 Å². The molecule has 0 aromatic rings. The predicted molar refractivity (Wildman–Crippen MR) is 134 cm³/mol. The van der Waals surface area contributed by atoms with Crippen molar-refractivity contribution in [1.82, 2.24) is 0 Å². The molecule has 0 saturated carbocycles. The van der Waals surface area contributed by atoms with E-state index in [1.54, 1.807) is 6.92 Å². The van der Waals surface area contributed by atoms with Crippen LogP contribution >= 0.6 is 58.6 Å². The molecule has 4 fully saturated rings. The summed E-state index contributed by atoms with van der Waals surface area (Å²) in [5, 5.41) is -0.769. The van der Waals surface area contributed by atoms with Gasteiger partial charge in [-0.2, -0.15) is 0 Å². The normalized spacial score (nSPS) is 24.6. The molecule has 15 heteroatoms. The van der Waals surface area contributed by atoms with Crippen molar-refractivity contribution >= 4 is 85.8 Å². The van der Waals surface area contributed by atoms with E-state index in [-0.39, 0.29) is 46.1 Å². The molecule has 0 spiro atoms. The highest BCUT2D eigenvalue weighted by atomic mass is 35.5. The summed E-state index contributed by atoms with van der Waals surface area (Å²) >= 11 is 10.1. The van der Waals surface area contributed by atoms with Crippen molar-refractivity contribution in [2.45, 2.75) is 32.2 Å². The molecule has 0 radical (unpaired) electrons. The van der Waals surface area contributed by atoms with Crippen LogP contribution in [0.4, 0.5) is 19.2 Å². The van der Waals surface area contributed by atoms with Gasteiger partial charge < -0.3 is 23.7 Å². The highest BCUT2D eigenvalue weighted by Gasteiger charge is 2.25. The van der Waals surface area contributed by atoms with Gasteiger partial charge in [-0.1, -0.05) is 6.58 Å². The van der Waals surface area contributed by atoms with E-state index < -0.39 is 5.97 Å². The van der Waals surface area contributed by atoms with Crippen molar-refractivity contribution in [1.29, 1.82) is 0 Å². The van der Waals surface area contributed by atoms with Crippen LogP contribution in [-0.2, 0) is 28.5 Å². The highest BCUT2D eigenvalue weighted by Crippen LogP contribution is 2.20. The third-order valence-electron chi connectivity index (χ3n) is 3.48. The van der Waals surface area contributed by atoms with Crippen LogP contribution in [0.2, 0.25) is 0 Å². The molecule has 0 aliphatic carbocycles. The van der Waals surface area contributed by atoms with Crippen LogP contribution in [0.15, 0.2) is 12.2 Å². The van der Waals surface area contributed by atoms with Gasteiger partial charge in [0.25, 0.3) is 0 Å². The van der Waals surface area contributed by atoms with Crippen molar-refractivity contribution in [2.24, 2.45) is 0 Å². The van der Waals surface area contributed by atoms with Gasteiger partial charge in [-0.15, -0.1) is 11.6 Å². The zero-order valence-electron chi connectivity index (χ0n) is 18.5. The first kappa shape index (κ1) is 30.8. The minimum Gasteiger partial charge on any atom is -0.458 e. The van der Waals surface area contributed by atoms with E-state index in [2.05, 4.69) is 16.1 Å². The summed E-state index contributed by atoms with van der Waals surface area (Å²) in [6.45, 7) is 7.60. The summed E-state index contributed by atoms with van der Waals surface area (Å²) in [5.74, 6) is 2.87. The van der Waals surface area contributed by atoms with Crippen molar-refractivity contribution in [3.63, 3.8) is 0 Å². The maximum absolute atomic E-state index is 10.9. The van der Waals surface area contributed by atoms with Gasteiger partial charge in [0.05, 0.1) is 5.88 Å². The lowest BCUT2D eigenvalue weighted by molar-refractivity contribution is -0.141. The van der Waals surface area contributed by atoms with Gasteiger partial charge in [-0.25, -0.2) is 24.0 Å². The molecular formula is C19H25ClO10S4. The number of rotatable bonds is 4. The van der Waals surface area contributed by atoms with Crippen molar-refractivity contribution in [3.05, 3.63) is 12.2 Å². The van der Waals surface area contributed by atoms with Crippen LogP contribution in [0.1, 0.15) is 13.8 Å². The predicted octanol–water partition coefficient (Wildman–Crippen LogP) is 4.96. The van der Waals surface area contributed by atoms with E-state index in [0.29, 0.717) is 29.6 Å². The molecule has 10 nitrogen and oxygen atoms in total. The Morgan fingerprint density at radius 2 is 1.50 bits per heavy atom. The molecule has 0 bridgehead atoms. The SMILES string of the molecule is C=C(C)C(=O)OCC1CSC(=O)O1.CC1CSC(=O)O1.O=C1OC(CCl)CS1.O=C1OCCS1. The largest absolute Gasteiger partial charge is 0.458 e. The Balaban J connectivity index is 0.000000238. The number of halogens is 1.